The van der Waals surface area contributed by atoms with Crippen LogP contribution in [0.25, 0.3) is 5.88 Å². The van der Waals surface area contributed by atoms with E-state index in [0.29, 0.717) is 31.4 Å². The maximum Gasteiger partial charge on any atom is 0.257 e. The van der Waals surface area contributed by atoms with Gasteiger partial charge in [-0.25, -0.2) is 0 Å². The molecule has 3 aromatic rings. The minimum Gasteiger partial charge on any atom is -0.486 e. The lowest BCUT2D eigenvalue weighted by Crippen LogP contribution is -2.38. The van der Waals surface area contributed by atoms with E-state index in [1.165, 1.54) is 0 Å². The Bertz CT molecular complexity index is 874. The first-order chi connectivity index (χ1) is 12.2. The van der Waals surface area contributed by atoms with Crippen LogP contribution in [-0.2, 0) is 6.54 Å². The lowest BCUT2D eigenvalue weighted by atomic mass is 10.2. The van der Waals surface area contributed by atoms with Gasteiger partial charge in [-0.05, 0) is 36.4 Å². The van der Waals surface area contributed by atoms with E-state index in [0.717, 1.165) is 22.8 Å². The van der Waals surface area contributed by atoms with E-state index in [2.05, 4.69) is 26.0 Å². The van der Waals surface area contributed by atoms with Crippen LogP contribution in [0.5, 0.6) is 11.5 Å². The summed E-state index contributed by atoms with van der Waals surface area (Å²) in [6.07, 6.45) is -0.0755. The van der Waals surface area contributed by atoms with Crippen molar-refractivity contribution >= 4 is 0 Å². The molecule has 0 aliphatic carbocycles. The molecule has 1 aromatic carbocycles. The Morgan fingerprint density at radius 1 is 1.24 bits per heavy atom. The number of nitrogens with zero attached hydrogens (tertiary/aromatic N) is 5. The summed E-state index contributed by atoms with van der Waals surface area (Å²) in [5.74, 6) is 2.71. The van der Waals surface area contributed by atoms with Gasteiger partial charge in [0.1, 0.15) is 12.7 Å². The van der Waals surface area contributed by atoms with Crippen LogP contribution in [-0.4, -0.2) is 44.6 Å². The fourth-order valence-corrected chi connectivity index (χ4v) is 2.58. The van der Waals surface area contributed by atoms with Crippen molar-refractivity contribution in [3.8, 4) is 17.4 Å². The van der Waals surface area contributed by atoms with E-state index >= 15 is 0 Å². The number of aromatic nitrogens is 5. The Hall–Kier alpha value is -2.94. The summed E-state index contributed by atoms with van der Waals surface area (Å²) < 4.78 is 18.5. The summed E-state index contributed by atoms with van der Waals surface area (Å²) in [5, 5.41) is 19.0. The third-order valence-corrected chi connectivity index (χ3v) is 4.08. The molecule has 0 bridgehead atoms. The van der Waals surface area contributed by atoms with Crippen molar-refractivity contribution in [2.45, 2.75) is 26.5 Å². The van der Waals surface area contributed by atoms with Crippen LogP contribution < -0.4 is 14.8 Å². The van der Waals surface area contributed by atoms with Gasteiger partial charge in [0, 0.05) is 12.1 Å². The van der Waals surface area contributed by atoms with Gasteiger partial charge in [0.05, 0.1) is 12.2 Å². The molecule has 9 nitrogen and oxygen atoms in total. The first-order valence-electron chi connectivity index (χ1n) is 8.02. The van der Waals surface area contributed by atoms with Crippen molar-refractivity contribution in [2.75, 3.05) is 13.2 Å². The molecular weight excluding hydrogens is 324 g/mol. The zero-order valence-corrected chi connectivity index (χ0v) is 14.0. The van der Waals surface area contributed by atoms with Gasteiger partial charge in [0.2, 0.25) is 0 Å². The highest BCUT2D eigenvalue weighted by Gasteiger charge is 2.21. The zero-order valence-electron chi connectivity index (χ0n) is 14.0. The molecule has 1 N–H and O–H groups in total. The van der Waals surface area contributed by atoms with Crippen molar-refractivity contribution < 1.29 is 14.0 Å². The van der Waals surface area contributed by atoms with Gasteiger partial charge < -0.3 is 19.3 Å². The number of aryl methyl sites for hydroxylation is 1. The molecular formula is C16H18N6O3. The second-order valence-corrected chi connectivity index (χ2v) is 5.83. The second-order valence-electron chi connectivity index (χ2n) is 5.83. The number of nitrogens with one attached hydrogen (secondary N) is 1. The molecule has 4 rings (SSSR count). The summed E-state index contributed by atoms with van der Waals surface area (Å²) in [6, 6.07) is 7.65. The molecule has 0 spiro atoms. The number of ether oxygens (including phenoxy) is 2. The van der Waals surface area contributed by atoms with Gasteiger partial charge in [0.25, 0.3) is 5.88 Å². The fraction of sp³-hybridized carbons (Fsp3) is 0.375. The SMILES string of the molecule is Cc1noc(-n2nnnc2CNCC2COc3ccccc3O2)c1C. The number of fused-ring (bicyclic) bond motifs is 1. The van der Waals surface area contributed by atoms with Crippen LogP contribution in [0.4, 0.5) is 0 Å². The molecule has 2 aromatic heterocycles. The monoisotopic (exact) mass is 342 g/mol. The normalized spacial score (nSPS) is 16.2. The zero-order chi connectivity index (χ0) is 17.2. The quantitative estimate of drug-likeness (QED) is 0.738. The molecule has 0 fully saturated rings. The van der Waals surface area contributed by atoms with E-state index in [4.69, 9.17) is 14.0 Å². The second kappa shape index (κ2) is 6.52. The molecule has 0 saturated heterocycles. The van der Waals surface area contributed by atoms with Crippen LogP contribution in [0, 0.1) is 13.8 Å². The highest BCUT2D eigenvalue weighted by molar-refractivity contribution is 5.40. The summed E-state index contributed by atoms with van der Waals surface area (Å²) in [5.41, 5.74) is 1.73. The third kappa shape index (κ3) is 3.05. The number of tetrazole rings is 1. The number of hydrogen-bond donors (Lipinski definition) is 1. The van der Waals surface area contributed by atoms with Crippen LogP contribution in [0.1, 0.15) is 17.1 Å². The highest BCUT2D eigenvalue weighted by Crippen LogP contribution is 2.30. The van der Waals surface area contributed by atoms with Crippen LogP contribution in [0.15, 0.2) is 28.8 Å². The van der Waals surface area contributed by atoms with Crippen molar-refractivity contribution in [2.24, 2.45) is 0 Å². The summed E-state index contributed by atoms with van der Waals surface area (Å²) in [4.78, 5) is 0. The molecule has 1 unspecified atom stereocenters. The van der Waals surface area contributed by atoms with Crippen molar-refractivity contribution in [1.29, 1.82) is 0 Å². The Kier molecular flexibility index (Phi) is 4.06. The van der Waals surface area contributed by atoms with Crippen molar-refractivity contribution in [1.82, 2.24) is 30.7 Å². The van der Waals surface area contributed by atoms with Gasteiger partial charge in [-0.3, -0.25) is 0 Å². The van der Waals surface area contributed by atoms with Gasteiger partial charge in [0.15, 0.2) is 17.3 Å². The molecule has 3 heterocycles. The van der Waals surface area contributed by atoms with Crippen LogP contribution in [0.3, 0.4) is 0 Å². The smallest absolute Gasteiger partial charge is 0.257 e. The number of rotatable bonds is 5. The van der Waals surface area contributed by atoms with Gasteiger partial charge in [-0.1, -0.05) is 17.3 Å². The third-order valence-electron chi connectivity index (χ3n) is 4.08. The standard InChI is InChI=1S/C16H18N6O3/c1-10-11(2)19-25-16(10)22-15(18-20-21-22)8-17-7-12-9-23-13-5-3-4-6-14(13)24-12/h3-6,12,17H,7-9H2,1-2H3. The first kappa shape index (κ1) is 15.6. The predicted molar refractivity (Wildman–Crippen MR) is 86.7 cm³/mol. The van der Waals surface area contributed by atoms with Gasteiger partial charge in [-0.2, -0.15) is 4.68 Å². The summed E-state index contributed by atoms with van der Waals surface area (Å²) >= 11 is 0. The minimum absolute atomic E-state index is 0.0755. The number of para-hydroxylation sites is 2. The largest absolute Gasteiger partial charge is 0.486 e. The Balaban J connectivity index is 1.37. The van der Waals surface area contributed by atoms with E-state index < -0.39 is 0 Å². The fourth-order valence-electron chi connectivity index (χ4n) is 2.58. The van der Waals surface area contributed by atoms with Crippen molar-refractivity contribution in [3.05, 3.63) is 41.3 Å². The maximum atomic E-state index is 5.91. The van der Waals surface area contributed by atoms with E-state index in [-0.39, 0.29) is 6.10 Å². The molecule has 25 heavy (non-hydrogen) atoms. The lowest BCUT2D eigenvalue weighted by molar-refractivity contribution is 0.0900. The van der Waals surface area contributed by atoms with Gasteiger partial charge >= 0.3 is 0 Å². The van der Waals surface area contributed by atoms with Crippen LogP contribution in [0.2, 0.25) is 0 Å². The Morgan fingerprint density at radius 3 is 2.88 bits per heavy atom. The molecule has 0 saturated carbocycles. The topological polar surface area (TPSA) is 100 Å². The van der Waals surface area contributed by atoms with Gasteiger partial charge in [-0.15, -0.1) is 5.10 Å². The molecule has 0 radical (unpaired) electrons. The minimum atomic E-state index is -0.0755. The average Bonchev–Trinajstić information content (AvgIpc) is 3.22. The molecule has 0 amide bonds. The molecule has 130 valence electrons. The first-order valence-corrected chi connectivity index (χ1v) is 8.02. The number of benzene rings is 1. The Morgan fingerprint density at radius 2 is 2.08 bits per heavy atom. The maximum absolute atomic E-state index is 5.91. The summed E-state index contributed by atoms with van der Waals surface area (Å²) in [7, 11) is 0. The predicted octanol–water partition coefficient (Wildman–Crippen LogP) is 1.20. The number of hydrogen-bond acceptors (Lipinski definition) is 8. The van der Waals surface area contributed by atoms with E-state index in [9.17, 15) is 0 Å². The highest BCUT2D eigenvalue weighted by atomic mass is 16.6. The van der Waals surface area contributed by atoms with E-state index in [1.807, 2.05) is 38.1 Å². The summed E-state index contributed by atoms with van der Waals surface area (Å²) in [6.45, 7) is 5.37. The lowest BCUT2D eigenvalue weighted by Gasteiger charge is -2.26. The van der Waals surface area contributed by atoms with Crippen LogP contribution >= 0.6 is 0 Å². The Labute approximate surface area is 143 Å². The molecule has 1 aliphatic heterocycles. The average molecular weight is 342 g/mol. The molecule has 1 aliphatic rings. The molecule has 9 heteroatoms. The van der Waals surface area contributed by atoms with Crippen molar-refractivity contribution in [3.63, 3.8) is 0 Å². The van der Waals surface area contributed by atoms with E-state index in [1.54, 1.807) is 4.68 Å². The molecule has 1 atom stereocenters.